The van der Waals surface area contributed by atoms with E-state index in [-0.39, 0.29) is 19.4 Å². The topological polar surface area (TPSA) is 59.8 Å². The third kappa shape index (κ3) is 3.93. The second-order valence-electron chi connectivity index (χ2n) is 8.06. The first-order chi connectivity index (χ1) is 14.8. The van der Waals surface area contributed by atoms with Gasteiger partial charge in [0.2, 0.25) is 6.79 Å². The zero-order chi connectivity index (χ0) is 20.3. The third-order valence-corrected chi connectivity index (χ3v) is 6.00. The number of ether oxygens (including phenoxy) is 2. The van der Waals surface area contributed by atoms with E-state index in [2.05, 4.69) is 35.4 Å². The fraction of sp³-hybridized carbons (Fsp3) is 0.375. The third-order valence-electron chi connectivity index (χ3n) is 6.00. The van der Waals surface area contributed by atoms with Gasteiger partial charge in [0.05, 0.1) is 18.8 Å². The Morgan fingerprint density at radius 2 is 1.87 bits per heavy atom. The standard InChI is InChI=1S/C24H27N3O3/c28-16-21-8-4-5-11-26(21)14-20-15-27(13-18-6-2-1-3-7-18)25-24(20)19-9-10-22-23(12-19)30-17-29-22/h1-3,6-7,9-10,12,15,21,28H,4-5,8,11,13-14,16-17H2/t21-/m0/s1. The van der Waals surface area contributed by atoms with Gasteiger partial charge in [0, 0.05) is 29.9 Å². The minimum absolute atomic E-state index is 0.206. The van der Waals surface area contributed by atoms with Crippen LogP contribution in [-0.2, 0) is 13.1 Å². The highest BCUT2D eigenvalue weighted by molar-refractivity contribution is 5.67. The van der Waals surface area contributed by atoms with Crippen LogP contribution in [0.1, 0.15) is 30.4 Å². The van der Waals surface area contributed by atoms with Crippen LogP contribution in [0.15, 0.2) is 54.7 Å². The van der Waals surface area contributed by atoms with Gasteiger partial charge in [-0.05, 0) is 43.1 Å². The van der Waals surface area contributed by atoms with Crippen LogP contribution in [0.3, 0.4) is 0 Å². The number of rotatable bonds is 6. The lowest BCUT2D eigenvalue weighted by molar-refractivity contribution is 0.0842. The van der Waals surface area contributed by atoms with Crippen LogP contribution in [0.2, 0.25) is 0 Å². The highest BCUT2D eigenvalue weighted by Gasteiger charge is 2.24. The van der Waals surface area contributed by atoms with Crippen molar-refractivity contribution in [2.75, 3.05) is 19.9 Å². The summed E-state index contributed by atoms with van der Waals surface area (Å²) in [6.45, 7) is 2.98. The second-order valence-corrected chi connectivity index (χ2v) is 8.06. The largest absolute Gasteiger partial charge is 0.454 e. The zero-order valence-electron chi connectivity index (χ0n) is 17.0. The number of aliphatic hydroxyl groups is 1. The van der Waals surface area contributed by atoms with E-state index in [0.717, 1.165) is 48.8 Å². The molecule has 1 fully saturated rings. The van der Waals surface area contributed by atoms with Gasteiger partial charge >= 0.3 is 0 Å². The van der Waals surface area contributed by atoms with Crippen molar-refractivity contribution in [1.29, 1.82) is 0 Å². The number of piperidine rings is 1. The molecule has 0 radical (unpaired) electrons. The summed E-state index contributed by atoms with van der Waals surface area (Å²) in [7, 11) is 0. The molecule has 0 aliphatic carbocycles. The van der Waals surface area contributed by atoms with Gasteiger partial charge in [0.25, 0.3) is 0 Å². The molecule has 6 nitrogen and oxygen atoms in total. The molecule has 0 unspecified atom stereocenters. The molecular formula is C24H27N3O3. The number of benzene rings is 2. The molecule has 0 amide bonds. The van der Waals surface area contributed by atoms with Crippen LogP contribution < -0.4 is 9.47 Å². The molecule has 0 bridgehead atoms. The van der Waals surface area contributed by atoms with Crippen molar-refractivity contribution in [2.24, 2.45) is 0 Å². The Kier molecular flexibility index (Phi) is 5.43. The summed E-state index contributed by atoms with van der Waals surface area (Å²) in [5, 5.41) is 14.8. The Morgan fingerprint density at radius 1 is 1.00 bits per heavy atom. The van der Waals surface area contributed by atoms with Crippen LogP contribution in [0.4, 0.5) is 0 Å². The molecule has 30 heavy (non-hydrogen) atoms. The molecule has 3 aromatic rings. The fourth-order valence-electron chi connectivity index (χ4n) is 4.41. The normalized spacial score (nSPS) is 18.6. The highest BCUT2D eigenvalue weighted by Crippen LogP contribution is 2.37. The molecule has 1 N–H and O–H groups in total. The lowest BCUT2D eigenvalue weighted by Gasteiger charge is -2.34. The second kappa shape index (κ2) is 8.50. The monoisotopic (exact) mass is 405 g/mol. The van der Waals surface area contributed by atoms with E-state index in [9.17, 15) is 5.11 Å². The molecule has 5 rings (SSSR count). The zero-order valence-corrected chi connectivity index (χ0v) is 17.0. The molecule has 156 valence electrons. The molecule has 0 spiro atoms. The Labute approximate surface area is 176 Å². The van der Waals surface area contributed by atoms with E-state index in [4.69, 9.17) is 14.6 Å². The first-order valence-corrected chi connectivity index (χ1v) is 10.7. The minimum atomic E-state index is 0.206. The van der Waals surface area contributed by atoms with E-state index >= 15 is 0 Å². The molecular weight excluding hydrogens is 378 g/mol. The maximum Gasteiger partial charge on any atom is 0.231 e. The van der Waals surface area contributed by atoms with Crippen molar-refractivity contribution in [2.45, 2.75) is 38.4 Å². The average molecular weight is 405 g/mol. The van der Waals surface area contributed by atoms with E-state index in [1.165, 1.54) is 24.0 Å². The van der Waals surface area contributed by atoms with Gasteiger partial charge in [-0.1, -0.05) is 36.8 Å². The summed E-state index contributed by atoms with van der Waals surface area (Å²) in [5.41, 5.74) is 4.38. The number of likely N-dealkylation sites (tertiary alicyclic amines) is 1. The number of hydrogen-bond donors (Lipinski definition) is 1. The molecule has 2 aliphatic rings. The van der Waals surface area contributed by atoms with Crippen molar-refractivity contribution in [3.8, 4) is 22.8 Å². The van der Waals surface area contributed by atoms with Crippen molar-refractivity contribution in [3.05, 3.63) is 65.9 Å². The molecule has 1 atom stereocenters. The number of aromatic nitrogens is 2. The summed E-state index contributed by atoms with van der Waals surface area (Å²) in [4.78, 5) is 2.39. The Bertz CT molecular complexity index is 1000. The van der Waals surface area contributed by atoms with E-state index in [1.54, 1.807) is 0 Å². The summed E-state index contributed by atoms with van der Waals surface area (Å²) in [6, 6.07) is 16.6. The molecule has 3 heterocycles. The number of hydrogen-bond acceptors (Lipinski definition) is 5. The van der Waals surface area contributed by atoms with Gasteiger partial charge in [0.15, 0.2) is 11.5 Å². The van der Waals surface area contributed by atoms with E-state index < -0.39 is 0 Å². The number of fused-ring (bicyclic) bond motifs is 1. The first-order valence-electron chi connectivity index (χ1n) is 10.7. The van der Waals surface area contributed by atoms with Gasteiger partial charge in [-0.15, -0.1) is 0 Å². The van der Waals surface area contributed by atoms with Gasteiger partial charge in [-0.2, -0.15) is 5.10 Å². The predicted octanol–water partition coefficient (Wildman–Crippen LogP) is 3.67. The van der Waals surface area contributed by atoms with E-state index in [1.807, 2.05) is 28.9 Å². The Morgan fingerprint density at radius 3 is 2.73 bits per heavy atom. The molecule has 1 saturated heterocycles. The smallest absolute Gasteiger partial charge is 0.231 e. The Hall–Kier alpha value is -2.83. The van der Waals surface area contributed by atoms with Gasteiger partial charge in [-0.3, -0.25) is 9.58 Å². The van der Waals surface area contributed by atoms with Gasteiger partial charge < -0.3 is 14.6 Å². The van der Waals surface area contributed by atoms with E-state index in [0.29, 0.717) is 0 Å². The van der Waals surface area contributed by atoms with Crippen LogP contribution in [-0.4, -0.2) is 45.8 Å². The highest BCUT2D eigenvalue weighted by atomic mass is 16.7. The number of aliphatic hydroxyl groups excluding tert-OH is 1. The molecule has 2 aromatic carbocycles. The Balaban J connectivity index is 1.48. The predicted molar refractivity (Wildman–Crippen MR) is 114 cm³/mol. The summed E-state index contributed by atoms with van der Waals surface area (Å²) in [6.07, 6.45) is 5.56. The SMILES string of the molecule is OC[C@@H]1CCCCN1Cc1cn(Cc2ccccc2)nc1-c1ccc2c(c1)OCO2. The van der Waals surface area contributed by atoms with Crippen LogP contribution >= 0.6 is 0 Å². The van der Waals surface area contributed by atoms with Crippen molar-refractivity contribution >= 4 is 0 Å². The summed E-state index contributed by atoms with van der Waals surface area (Å²) in [5.74, 6) is 1.54. The lowest BCUT2D eigenvalue weighted by Crippen LogP contribution is -2.41. The van der Waals surface area contributed by atoms with Crippen molar-refractivity contribution < 1.29 is 14.6 Å². The first kappa shape index (κ1) is 19.2. The minimum Gasteiger partial charge on any atom is -0.454 e. The summed E-state index contributed by atoms with van der Waals surface area (Å²) >= 11 is 0. The summed E-state index contributed by atoms with van der Waals surface area (Å²) < 4.78 is 13.1. The van der Waals surface area contributed by atoms with Crippen LogP contribution in [0.5, 0.6) is 11.5 Å². The average Bonchev–Trinajstić information content (AvgIpc) is 3.41. The van der Waals surface area contributed by atoms with Gasteiger partial charge in [0.1, 0.15) is 0 Å². The van der Waals surface area contributed by atoms with Gasteiger partial charge in [-0.25, -0.2) is 0 Å². The quantitative estimate of drug-likeness (QED) is 0.678. The van der Waals surface area contributed by atoms with Crippen molar-refractivity contribution in [3.63, 3.8) is 0 Å². The lowest BCUT2D eigenvalue weighted by atomic mass is 10.0. The maximum absolute atomic E-state index is 9.84. The molecule has 1 aromatic heterocycles. The molecule has 2 aliphatic heterocycles. The van der Waals surface area contributed by atoms with Crippen LogP contribution in [0, 0.1) is 0 Å². The molecule has 0 saturated carbocycles. The number of nitrogens with zero attached hydrogens (tertiary/aromatic N) is 3. The molecule has 6 heteroatoms. The fourth-order valence-corrected chi connectivity index (χ4v) is 4.41. The van der Waals surface area contributed by atoms with Crippen LogP contribution in [0.25, 0.3) is 11.3 Å². The van der Waals surface area contributed by atoms with Crippen molar-refractivity contribution in [1.82, 2.24) is 14.7 Å². The maximum atomic E-state index is 9.84.